The highest BCUT2D eigenvalue weighted by Gasteiger charge is 2.35. The number of ether oxygens (including phenoxy) is 2. The minimum Gasteiger partial charge on any atom is -0.492 e. The van der Waals surface area contributed by atoms with Gasteiger partial charge >= 0.3 is 0 Å². The number of nitrogens with zero attached hydrogens (tertiary/aromatic N) is 1. The summed E-state index contributed by atoms with van der Waals surface area (Å²) in [4.78, 5) is 3.62. The summed E-state index contributed by atoms with van der Waals surface area (Å²) >= 11 is 0. The van der Waals surface area contributed by atoms with Crippen molar-refractivity contribution < 1.29 is 9.47 Å². The van der Waals surface area contributed by atoms with Gasteiger partial charge in [0, 0.05) is 11.0 Å². The molecule has 0 aromatic heterocycles. The van der Waals surface area contributed by atoms with Crippen LogP contribution < -0.4 is 15.2 Å². The first kappa shape index (κ1) is 14.2. The zero-order valence-corrected chi connectivity index (χ0v) is 12.1. The quantitative estimate of drug-likeness (QED) is 0.520. The van der Waals surface area contributed by atoms with Gasteiger partial charge in [0.2, 0.25) is 0 Å². The van der Waals surface area contributed by atoms with Crippen LogP contribution in [0.3, 0.4) is 0 Å². The largest absolute Gasteiger partial charge is 0.492 e. The lowest BCUT2D eigenvalue weighted by molar-refractivity contribution is 0.290. The molecule has 0 atom stereocenters. The number of nitrogens with two attached hydrogens (primary N) is 1. The van der Waals surface area contributed by atoms with Crippen molar-refractivity contribution in [1.29, 1.82) is 0 Å². The smallest absolute Gasteiger partial charge is 0.134 e. The third-order valence-corrected chi connectivity index (χ3v) is 3.20. The van der Waals surface area contributed by atoms with Crippen LogP contribution in [0.1, 0.15) is 26.3 Å². The summed E-state index contributed by atoms with van der Waals surface area (Å²) in [5.74, 6) is 2.79. The summed E-state index contributed by atoms with van der Waals surface area (Å²) in [5.41, 5.74) is 6.61. The molecule has 0 radical (unpaired) electrons. The van der Waals surface area contributed by atoms with E-state index in [0.717, 1.165) is 22.8 Å². The zero-order chi connectivity index (χ0) is 14.8. The molecular formula is C16H20N2O2. The number of allylic oxidation sites excluding steroid dienone is 3. The minimum absolute atomic E-state index is 0.0518. The third-order valence-electron chi connectivity index (χ3n) is 3.20. The molecule has 1 aliphatic rings. The molecule has 1 aromatic rings. The molecule has 0 spiro atoms. The minimum atomic E-state index is -0.0518. The van der Waals surface area contributed by atoms with E-state index in [1.165, 1.54) is 0 Å². The van der Waals surface area contributed by atoms with Crippen LogP contribution >= 0.6 is 0 Å². The van der Waals surface area contributed by atoms with Gasteiger partial charge in [-0.05, 0) is 37.9 Å². The maximum atomic E-state index is 5.91. The number of aliphatic imine (C=N–C) groups is 1. The molecule has 4 heteroatoms. The zero-order valence-electron chi connectivity index (χ0n) is 12.1. The molecule has 1 aromatic carbocycles. The highest BCUT2D eigenvalue weighted by molar-refractivity contribution is 5.52. The number of rotatable bonds is 4. The van der Waals surface area contributed by atoms with Crippen molar-refractivity contribution in [3.63, 3.8) is 0 Å². The average Bonchev–Trinajstić information content (AvgIpc) is 2.73. The van der Waals surface area contributed by atoms with Crippen molar-refractivity contribution in [3.8, 4) is 11.5 Å². The number of hydrogen-bond acceptors (Lipinski definition) is 4. The van der Waals surface area contributed by atoms with Crippen LogP contribution in [0.15, 0.2) is 46.9 Å². The second-order valence-corrected chi connectivity index (χ2v) is 5.43. The van der Waals surface area contributed by atoms with Crippen LogP contribution in [-0.2, 0) is 5.41 Å². The Kier molecular flexibility index (Phi) is 3.84. The maximum Gasteiger partial charge on any atom is 0.134 e. The van der Waals surface area contributed by atoms with Crippen molar-refractivity contribution in [1.82, 2.24) is 0 Å². The van der Waals surface area contributed by atoms with E-state index in [9.17, 15) is 0 Å². The average molecular weight is 272 g/mol. The standard InChI is InChI=1S/C16H20N2O2/c1-11(8-9-14(17)18-4)20-13-7-5-6-12-15(13)16(2,3)10-19-12/h5-9H,4,10,17H2,1-3H3/b11-8+,14-9-. The van der Waals surface area contributed by atoms with Crippen LogP contribution in [0.5, 0.6) is 11.5 Å². The Morgan fingerprint density at radius 3 is 2.90 bits per heavy atom. The maximum absolute atomic E-state index is 5.91. The van der Waals surface area contributed by atoms with E-state index < -0.39 is 0 Å². The molecule has 0 amide bonds. The lowest BCUT2D eigenvalue weighted by Gasteiger charge is -2.19. The van der Waals surface area contributed by atoms with Crippen molar-refractivity contribution in [2.45, 2.75) is 26.2 Å². The molecule has 20 heavy (non-hydrogen) atoms. The van der Waals surface area contributed by atoms with Crippen molar-refractivity contribution in [2.75, 3.05) is 6.61 Å². The first-order valence-electron chi connectivity index (χ1n) is 6.49. The van der Waals surface area contributed by atoms with Crippen LogP contribution in [0.4, 0.5) is 0 Å². The van der Waals surface area contributed by atoms with Crippen LogP contribution in [0.2, 0.25) is 0 Å². The van der Waals surface area contributed by atoms with Crippen LogP contribution in [0.25, 0.3) is 0 Å². The molecule has 1 heterocycles. The summed E-state index contributed by atoms with van der Waals surface area (Å²) < 4.78 is 11.6. The number of hydrogen-bond donors (Lipinski definition) is 1. The molecule has 0 unspecified atom stereocenters. The fraction of sp³-hybridized carbons (Fsp3) is 0.312. The molecule has 106 valence electrons. The van der Waals surface area contributed by atoms with Gasteiger partial charge in [-0.2, -0.15) is 0 Å². The van der Waals surface area contributed by atoms with E-state index in [-0.39, 0.29) is 5.41 Å². The molecule has 2 rings (SSSR count). The van der Waals surface area contributed by atoms with Gasteiger partial charge in [-0.1, -0.05) is 19.9 Å². The van der Waals surface area contributed by atoms with E-state index in [1.807, 2.05) is 25.1 Å². The number of fused-ring (bicyclic) bond motifs is 1. The topological polar surface area (TPSA) is 56.8 Å². The normalized spacial score (nSPS) is 17.4. The molecule has 0 aliphatic carbocycles. The van der Waals surface area contributed by atoms with Crippen molar-refractivity contribution >= 4 is 6.72 Å². The lowest BCUT2D eigenvalue weighted by Crippen LogP contribution is -2.19. The van der Waals surface area contributed by atoms with Gasteiger partial charge in [-0.3, -0.25) is 0 Å². The van der Waals surface area contributed by atoms with Crippen molar-refractivity contribution in [3.05, 3.63) is 47.5 Å². The third kappa shape index (κ3) is 2.85. The predicted molar refractivity (Wildman–Crippen MR) is 81.2 cm³/mol. The van der Waals surface area contributed by atoms with E-state index in [1.54, 1.807) is 12.2 Å². The highest BCUT2D eigenvalue weighted by Crippen LogP contribution is 2.44. The van der Waals surface area contributed by atoms with Gasteiger partial charge in [0.05, 0.1) is 6.61 Å². The molecule has 2 N–H and O–H groups in total. The first-order valence-corrected chi connectivity index (χ1v) is 6.49. The SMILES string of the molecule is C=N/C(N)=C\C=C(/C)Oc1cccc2c1C(C)(C)CO2. The molecule has 0 bridgehead atoms. The molecule has 0 saturated heterocycles. The van der Waals surface area contributed by atoms with E-state index in [0.29, 0.717) is 12.4 Å². The van der Waals surface area contributed by atoms with Crippen LogP contribution in [0, 0.1) is 0 Å². The van der Waals surface area contributed by atoms with E-state index >= 15 is 0 Å². The summed E-state index contributed by atoms with van der Waals surface area (Å²) in [6.45, 7) is 10.2. The van der Waals surface area contributed by atoms with Gasteiger partial charge in [-0.15, -0.1) is 0 Å². The Bertz CT molecular complexity index is 586. The molecule has 0 fully saturated rings. The predicted octanol–water partition coefficient (Wildman–Crippen LogP) is 3.14. The molecule has 0 saturated carbocycles. The molecule has 4 nitrogen and oxygen atoms in total. The lowest BCUT2D eigenvalue weighted by atomic mass is 9.86. The highest BCUT2D eigenvalue weighted by atomic mass is 16.5. The van der Waals surface area contributed by atoms with Crippen molar-refractivity contribution in [2.24, 2.45) is 10.7 Å². The fourth-order valence-electron chi connectivity index (χ4n) is 2.18. The second kappa shape index (κ2) is 5.41. The Morgan fingerprint density at radius 1 is 1.45 bits per heavy atom. The number of benzene rings is 1. The summed E-state index contributed by atoms with van der Waals surface area (Å²) in [7, 11) is 0. The Balaban J connectivity index is 2.28. The fourth-order valence-corrected chi connectivity index (χ4v) is 2.18. The van der Waals surface area contributed by atoms with Gasteiger partial charge < -0.3 is 15.2 Å². The summed E-state index contributed by atoms with van der Waals surface area (Å²) in [6.07, 6.45) is 3.43. The Labute approximate surface area is 119 Å². The second-order valence-electron chi connectivity index (χ2n) is 5.43. The molecular weight excluding hydrogens is 252 g/mol. The van der Waals surface area contributed by atoms with Crippen LogP contribution in [-0.4, -0.2) is 13.3 Å². The monoisotopic (exact) mass is 272 g/mol. The van der Waals surface area contributed by atoms with Gasteiger partial charge in [0.1, 0.15) is 23.1 Å². The first-order chi connectivity index (χ1) is 9.44. The van der Waals surface area contributed by atoms with Gasteiger partial charge in [0.25, 0.3) is 0 Å². The Morgan fingerprint density at radius 2 is 2.20 bits per heavy atom. The van der Waals surface area contributed by atoms with E-state index in [2.05, 4.69) is 25.6 Å². The summed E-state index contributed by atoms with van der Waals surface area (Å²) in [6, 6.07) is 5.85. The van der Waals surface area contributed by atoms with Gasteiger partial charge in [0.15, 0.2) is 0 Å². The summed E-state index contributed by atoms with van der Waals surface area (Å²) in [5, 5.41) is 0. The van der Waals surface area contributed by atoms with Gasteiger partial charge in [-0.25, -0.2) is 4.99 Å². The van der Waals surface area contributed by atoms with E-state index in [4.69, 9.17) is 15.2 Å². The Hall–Kier alpha value is -2.23. The molecule has 1 aliphatic heterocycles.